The Hall–Kier alpha value is -3.09. The second kappa shape index (κ2) is 20.9. The molecule has 0 radical (unpaired) electrons. The summed E-state index contributed by atoms with van der Waals surface area (Å²) in [7, 11) is 0. The van der Waals surface area contributed by atoms with Gasteiger partial charge in [-0.1, -0.05) is 6.92 Å². The Balaban J connectivity index is 0. The fourth-order valence-corrected chi connectivity index (χ4v) is 2.95. The van der Waals surface area contributed by atoms with Gasteiger partial charge in [-0.05, 0) is 19.4 Å². The predicted molar refractivity (Wildman–Crippen MR) is 139 cm³/mol. The van der Waals surface area contributed by atoms with Crippen LogP contribution >= 0.6 is 25.3 Å². The molecule has 0 heterocycles. The number of aliphatic carboxylic acids is 4. The number of nitrogens with two attached hydrogens (primary N) is 1. The summed E-state index contributed by atoms with van der Waals surface area (Å²) in [6.07, 6.45) is -0.184. The number of nitrogens with one attached hydrogen (secondary N) is 4. The maximum atomic E-state index is 11.7. The number of hydrogen-bond acceptors (Lipinski definition) is 11. The van der Waals surface area contributed by atoms with Crippen molar-refractivity contribution < 1.29 is 54.0 Å². The van der Waals surface area contributed by atoms with Gasteiger partial charge in [-0.25, -0.2) is 4.79 Å². The zero-order valence-electron chi connectivity index (χ0n) is 20.6. The number of carboxylic acids is 4. The fourth-order valence-electron chi connectivity index (χ4n) is 2.44. The van der Waals surface area contributed by atoms with E-state index in [1.807, 2.05) is 0 Å². The number of carbonyl (C=O) groups is 7. The Kier molecular flexibility index (Phi) is 20.4. The SMILES string of the molecule is CCNC(CCC(=O)NC(CS)C(=O)NCC(=O)O)C(=O)O.NC(CCC(=O)NC(CS)C(=O)O)C(=O)O. The summed E-state index contributed by atoms with van der Waals surface area (Å²) in [5, 5.41) is 43.9. The summed E-state index contributed by atoms with van der Waals surface area (Å²) in [5.41, 5.74) is 5.18. The summed E-state index contributed by atoms with van der Waals surface area (Å²) in [6.45, 7) is 1.65. The average molecular weight is 586 g/mol. The first-order valence-electron chi connectivity index (χ1n) is 11.2. The molecule has 0 aliphatic heterocycles. The smallest absolute Gasteiger partial charge is 0.327 e. The van der Waals surface area contributed by atoms with Gasteiger partial charge in [0.2, 0.25) is 17.7 Å². The Bertz CT molecular complexity index is 831. The summed E-state index contributed by atoms with van der Waals surface area (Å²) in [5.74, 6) is -6.41. The van der Waals surface area contributed by atoms with Gasteiger partial charge in [0, 0.05) is 24.3 Å². The number of amides is 3. The van der Waals surface area contributed by atoms with Crippen molar-refractivity contribution in [3.05, 3.63) is 0 Å². The highest BCUT2D eigenvalue weighted by Crippen LogP contribution is 2.00. The van der Waals surface area contributed by atoms with E-state index in [0.717, 1.165) is 0 Å². The Labute approximate surface area is 229 Å². The van der Waals surface area contributed by atoms with E-state index in [1.165, 1.54) is 0 Å². The zero-order valence-corrected chi connectivity index (χ0v) is 22.4. The van der Waals surface area contributed by atoms with Crippen LogP contribution in [0.2, 0.25) is 0 Å². The molecule has 0 aliphatic rings. The Morgan fingerprint density at radius 3 is 1.61 bits per heavy atom. The molecule has 0 aromatic carbocycles. The molecular weight excluding hydrogens is 550 g/mol. The molecule has 4 unspecified atom stereocenters. The van der Waals surface area contributed by atoms with Crippen LogP contribution in [0.1, 0.15) is 32.6 Å². The molecule has 38 heavy (non-hydrogen) atoms. The molecule has 3 amide bonds. The van der Waals surface area contributed by atoms with Crippen molar-refractivity contribution in [3.8, 4) is 0 Å². The summed E-state index contributed by atoms with van der Waals surface area (Å²) >= 11 is 7.68. The van der Waals surface area contributed by atoms with Crippen LogP contribution < -0.4 is 27.0 Å². The molecule has 0 saturated heterocycles. The number of hydrogen-bond donors (Lipinski definition) is 11. The maximum absolute atomic E-state index is 11.7. The lowest BCUT2D eigenvalue weighted by molar-refractivity contribution is -0.141. The van der Waals surface area contributed by atoms with Crippen LogP contribution in [0.5, 0.6) is 0 Å². The monoisotopic (exact) mass is 585 g/mol. The van der Waals surface area contributed by atoms with Crippen LogP contribution in [0.25, 0.3) is 0 Å². The van der Waals surface area contributed by atoms with E-state index in [1.54, 1.807) is 6.92 Å². The second-order valence-electron chi connectivity index (χ2n) is 7.53. The maximum Gasteiger partial charge on any atom is 0.327 e. The van der Waals surface area contributed by atoms with Crippen LogP contribution in [0.4, 0.5) is 0 Å². The normalized spacial score (nSPS) is 13.4. The van der Waals surface area contributed by atoms with Crippen molar-refractivity contribution >= 4 is 66.9 Å². The standard InChI is InChI=1S/C12H21N3O6S.C8H14N2O5S/c1-2-13-7(12(20)21)3-4-9(16)15-8(6-22)11(19)14-5-10(17)18;9-4(7(12)13)1-2-6(11)10-5(3-16)8(14)15/h7-8,13,22H,2-6H2,1H3,(H,14,19)(H,15,16)(H,17,18)(H,20,21);4-5,16H,1-3,9H2,(H,10,11)(H,12,13)(H,14,15). The third-order valence-electron chi connectivity index (χ3n) is 4.47. The van der Waals surface area contributed by atoms with Crippen molar-refractivity contribution in [2.75, 3.05) is 24.6 Å². The van der Waals surface area contributed by atoms with E-state index in [9.17, 15) is 33.6 Å². The van der Waals surface area contributed by atoms with E-state index < -0.39 is 72.3 Å². The van der Waals surface area contributed by atoms with Crippen LogP contribution in [0, 0.1) is 0 Å². The number of thiol groups is 2. The lowest BCUT2D eigenvalue weighted by Gasteiger charge is -2.17. The van der Waals surface area contributed by atoms with Crippen molar-refractivity contribution in [2.45, 2.75) is 56.8 Å². The minimum Gasteiger partial charge on any atom is -0.480 e. The van der Waals surface area contributed by atoms with Gasteiger partial charge in [0.05, 0.1) is 0 Å². The highest BCUT2D eigenvalue weighted by molar-refractivity contribution is 7.80. The molecule has 0 spiro atoms. The van der Waals surface area contributed by atoms with Crippen molar-refractivity contribution in [3.63, 3.8) is 0 Å². The zero-order chi connectivity index (χ0) is 29.8. The topological polar surface area (TPSA) is 275 Å². The molecule has 10 N–H and O–H groups in total. The third kappa shape index (κ3) is 18.2. The van der Waals surface area contributed by atoms with E-state index in [4.69, 9.17) is 26.2 Å². The Morgan fingerprint density at radius 1 is 0.737 bits per heavy atom. The number of carboxylic acid groups (broad SMARTS) is 4. The van der Waals surface area contributed by atoms with Gasteiger partial charge in [-0.15, -0.1) is 0 Å². The highest BCUT2D eigenvalue weighted by atomic mass is 32.1. The molecule has 0 fully saturated rings. The summed E-state index contributed by atoms with van der Waals surface area (Å²) < 4.78 is 0. The molecule has 0 bridgehead atoms. The van der Waals surface area contributed by atoms with Crippen LogP contribution in [-0.2, 0) is 33.6 Å². The molecule has 0 aromatic heterocycles. The largest absolute Gasteiger partial charge is 0.480 e. The molecule has 4 atom stereocenters. The van der Waals surface area contributed by atoms with Crippen molar-refractivity contribution in [1.82, 2.24) is 21.3 Å². The summed E-state index contributed by atoms with van der Waals surface area (Å²) in [4.78, 5) is 76.7. The van der Waals surface area contributed by atoms with Gasteiger partial charge in [0.25, 0.3) is 0 Å². The van der Waals surface area contributed by atoms with Gasteiger partial charge < -0.3 is 47.4 Å². The number of carbonyl (C=O) groups excluding carboxylic acids is 3. The first kappa shape index (κ1) is 37.1. The molecule has 0 aliphatic carbocycles. The van der Waals surface area contributed by atoms with E-state index in [0.29, 0.717) is 6.54 Å². The van der Waals surface area contributed by atoms with E-state index in [2.05, 4.69) is 46.5 Å². The second-order valence-corrected chi connectivity index (χ2v) is 8.26. The number of likely N-dealkylation sites (N-methyl/N-ethyl adjacent to an activating group) is 1. The van der Waals surface area contributed by atoms with Gasteiger partial charge in [0.15, 0.2) is 0 Å². The van der Waals surface area contributed by atoms with Crippen LogP contribution in [0.3, 0.4) is 0 Å². The lowest BCUT2D eigenvalue weighted by Crippen LogP contribution is -2.49. The van der Waals surface area contributed by atoms with E-state index >= 15 is 0 Å². The molecular formula is C20H35N5O11S2. The molecule has 0 aromatic rings. The molecule has 18 heteroatoms. The van der Waals surface area contributed by atoms with E-state index in [-0.39, 0.29) is 37.2 Å². The highest BCUT2D eigenvalue weighted by Gasteiger charge is 2.22. The Morgan fingerprint density at radius 2 is 1.21 bits per heavy atom. The molecule has 0 rings (SSSR count). The van der Waals surface area contributed by atoms with Gasteiger partial charge in [-0.2, -0.15) is 25.3 Å². The molecule has 0 saturated carbocycles. The average Bonchev–Trinajstić information content (AvgIpc) is 2.85. The minimum atomic E-state index is -1.20. The third-order valence-corrected chi connectivity index (χ3v) is 5.20. The lowest BCUT2D eigenvalue weighted by atomic mass is 10.1. The molecule has 218 valence electrons. The van der Waals surface area contributed by atoms with Crippen molar-refractivity contribution in [1.29, 1.82) is 0 Å². The van der Waals surface area contributed by atoms with Gasteiger partial charge in [0.1, 0.15) is 30.7 Å². The van der Waals surface area contributed by atoms with Crippen LogP contribution in [-0.4, -0.2) is 111 Å². The minimum absolute atomic E-state index is 0.00718. The first-order chi connectivity index (χ1) is 17.7. The first-order valence-corrected chi connectivity index (χ1v) is 12.4. The van der Waals surface area contributed by atoms with Gasteiger partial charge in [-0.3, -0.25) is 28.8 Å². The molecule has 16 nitrogen and oxygen atoms in total. The quantitative estimate of drug-likeness (QED) is 0.0722. The fraction of sp³-hybridized carbons (Fsp3) is 0.650. The van der Waals surface area contributed by atoms with Crippen molar-refractivity contribution in [2.24, 2.45) is 5.73 Å². The van der Waals surface area contributed by atoms with Gasteiger partial charge >= 0.3 is 23.9 Å². The van der Waals surface area contributed by atoms with Crippen LogP contribution in [0.15, 0.2) is 0 Å². The number of rotatable bonds is 18. The summed E-state index contributed by atoms with van der Waals surface area (Å²) in [6, 6.07) is -4.01. The predicted octanol–water partition coefficient (Wildman–Crippen LogP) is -2.88.